The van der Waals surface area contributed by atoms with Crippen molar-refractivity contribution in [3.63, 3.8) is 0 Å². The minimum absolute atomic E-state index is 0.0310. The SMILES string of the molecule is COC(=O)C1([Se]Cc2ccccc2)CC[C@@H]2CN1C(=O)N2OCc1ccccc1. The summed E-state index contributed by atoms with van der Waals surface area (Å²) in [5.41, 5.74) is 2.17. The number of rotatable bonds is 7. The number of carbonyl (C=O) groups excluding carboxylic acids is 2. The molecule has 152 valence electrons. The third kappa shape index (κ3) is 3.90. The molecule has 2 bridgehead atoms. The van der Waals surface area contributed by atoms with E-state index in [1.807, 2.05) is 48.5 Å². The molecule has 29 heavy (non-hydrogen) atoms. The fourth-order valence-corrected chi connectivity index (χ4v) is 6.76. The monoisotopic (exact) mass is 460 g/mol. The van der Waals surface area contributed by atoms with E-state index in [1.54, 1.807) is 4.90 Å². The zero-order chi connectivity index (χ0) is 20.3. The molecule has 0 radical (unpaired) electrons. The van der Waals surface area contributed by atoms with Crippen LogP contribution in [0, 0.1) is 0 Å². The molecule has 0 saturated carbocycles. The minimum atomic E-state index is -0.879. The third-order valence-corrected chi connectivity index (χ3v) is 8.68. The van der Waals surface area contributed by atoms with Gasteiger partial charge in [0.05, 0.1) is 0 Å². The fourth-order valence-electron chi connectivity index (χ4n) is 3.88. The summed E-state index contributed by atoms with van der Waals surface area (Å²) in [5, 5.41) is 2.23. The summed E-state index contributed by atoms with van der Waals surface area (Å²) in [5.74, 6) is -0.315. The molecule has 2 amide bonds. The van der Waals surface area contributed by atoms with Gasteiger partial charge in [-0.1, -0.05) is 0 Å². The molecule has 2 heterocycles. The van der Waals surface area contributed by atoms with E-state index in [0.29, 0.717) is 19.6 Å². The molecule has 2 saturated heterocycles. The van der Waals surface area contributed by atoms with E-state index in [1.165, 1.54) is 17.7 Å². The van der Waals surface area contributed by atoms with Crippen molar-refractivity contribution < 1.29 is 19.2 Å². The van der Waals surface area contributed by atoms with Crippen molar-refractivity contribution in [2.24, 2.45) is 0 Å². The quantitative estimate of drug-likeness (QED) is 0.472. The molecular weight excluding hydrogens is 435 g/mol. The van der Waals surface area contributed by atoms with Gasteiger partial charge in [-0.25, -0.2) is 0 Å². The van der Waals surface area contributed by atoms with Gasteiger partial charge in [-0.05, 0) is 0 Å². The molecule has 1 unspecified atom stereocenters. The van der Waals surface area contributed by atoms with Gasteiger partial charge in [-0.15, -0.1) is 0 Å². The number of hydrogen-bond acceptors (Lipinski definition) is 4. The van der Waals surface area contributed by atoms with Gasteiger partial charge in [-0.2, -0.15) is 0 Å². The maximum absolute atomic E-state index is 13.2. The number of carbonyl (C=O) groups is 2. The zero-order valence-corrected chi connectivity index (χ0v) is 18.0. The topological polar surface area (TPSA) is 59.1 Å². The molecule has 6 nitrogen and oxygen atoms in total. The second kappa shape index (κ2) is 8.57. The molecule has 2 aromatic carbocycles. The number of esters is 1. The van der Waals surface area contributed by atoms with Crippen molar-refractivity contribution in [1.29, 1.82) is 0 Å². The summed E-state index contributed by atoms with van der Waals surface area (Å²) >= 11 is -0.155. The Morgan fingerprint density at radius 3 is 2.41 bits per heavy atom. The van der Waals surface area contributed by atoms with Crippen LogP contribution >= 0.6 is 0 Å². The van der Waals surface area contributed by atoms with E-state index < -0.39 is 4.44 Å². The summed E-state index contributed by atoms with van der Waals surface area (Å²) in [4.78, 5) is 33.6. The molecular formula is C22H24N2O4Se. The first-order valence-electron chi connectivity index (χ1n) is 9.68. The summed E-state index contributed by atoms with van der Waals surface area (Å²) in [6.07, 6.45) is 1.33. The Morgan fingerprint density at radius 2 is 1.76 bits per heavy atom. The molecule has 2 aliphatic heterocycles. The number of nitrogens with zero attached hydrogens (tertiary/aromatic N) is 2. The number of hydroxylamine groups is 2. The summed E-state index contributed by atoms with van der Waals surface area (Å²) < 4.78 is 4.29. The first kappa shape index (κ1) is 20.0. The number of amides is 2. The molecule has 2 fully saturated rings. The molecule has 0 spiro atoms. The van der Waals surface area contributed by atoms with Crippen molar-refractivity contribution in [1.82, 2.24) is 9.96 Å². The van der Waals surface area contributed by atoms with E-state index in [9.17, 15) is 9.59 Å². The van der Waals surface area contributed by atoms with Crippen LogP contribution in [0.15, 0.2) is 60.7 Å². The Morgan fingerprint density at radius 1 is 1.10 bits per heavy atom. The Hall–Kier alpha value is -2.34. The van der Waals surface area contributed by atoms with Crippen molar-refractivity contribution in [3.8, 4) is 0 Å². The molecule has 4 rings (SSSR count). The average molecular weight is 459 g/mol. The molecule has 7 heteroatoms. The Labute approximate surface area is 176 Å². The predicted octanol–water partition coefficient (Wildman–Crippen LogP) is 2.79. The van der Waals surface area contributed by atoms with E-state index >= 15 is 0 Å². The Kier molecular flexibility index (Phi) is 5.90. The van der Waals surface area contributed by atoms with Crippen molar-refractivity contribution in [2.45, 2.75) is 35.2 Å². The fraction of sp³-hybridized carbons (Fsp3) is 0.364. The molecule has 2 aromatic rings. The van der Waals surface area contributed by atoms with Crippen LogP contribution in [-0.2, 0) is 26.3 Å². The second-order valence-corrected chi connectivity index (χ2v) is 9.85. The summed E-state index contributed by atoms with van der Waals surface area (Å²) in [6.45, 7) is 0.830. The molecule has 2 atom stereocenters. The van der Waals surface area contributed by atoms with Crippen LogP contribution < -0.4 is 0 Å². The average Bonchev–Trinajstić information content (AvgIpc) is 3.04. The number of fused-ring (bicyclic) bond motifs is 2. The van der Waals surface area contributed by atoms with Gasteiger partial charge in [0, 0.05) is 0 Å². The van der Waals surface area contributed by atoms with Gasteiger partial charge < -0.3 is 0 Å². The number of ether oxygens (including phenoxy) is 1. The van der Waals surface area contributed by atoms with Crippen molar-refractivity contribution in [2.75, 3.05) is 13.7 Å². The van der Waals surface area contributed by atoms with Crippen molar-refractivity contribution in [3.05, 3.63) is 71.8 Å². The number of hydrogen-bond donors (Lipinski definition) is 0. The summed E-state index contributed by atoms with van der Waals surface area (Å²) in [6, 6.07) is 19.6. The number of methoxy groups -OCH3 is 1. The van der Waals surface area contributed by atoms with Crippen molar-refractivity contribution >= 4 is 27.0 Å². The van der Waals surface area contributed by atoms with E-state index in [4.69, 9.17) is 9.57 Å². The van der Waals surface area contributed by atoms with E-state index in [0.717, 1.165) is 17.3 Å². The predicted molar refractivity (Wildman–Crippen MR) is 109 cm³/mol. The summed E-state index contributed by atoms with van der Waals surface area (Å²) in [7, 11) is 1.40. The van der Waals surface area contributed by atoms with Crippen LogP contribution in [0.2, 0.25) is 0 Å². The molecule has 0 aromatic heterocycles. The van der Waals surface area contributed by atoms with Gasteiger partial charge >= 0.3 is 177 Å². The van der Waals surface area contributed by atoms with Gasteiger partial charge in [0.15, 0.2) is 0 Å². The normalized spacial score (nSPS) is 23.3. The number of benzene rings is 2. The maximum atomic E-state index is 13.2. The Bertz CT molecular complexity index is 864. The third-order valence-electron chi connectivity index (χ3n) is 5.43. The van der Waals surface area contributed by atoms with E-state index in [2.05, 4.69) is 12.1 Å². The van der Waals surface area contributed by atoms with Gasteiger partial charge in [0.1, 0.15) is 0 Å². The van der Waals surface area contributed by atoms with Gasteiger partial charge in [-0.3, -0.25) is 0 Å². The van der Waals surface area contributed by atoms with Crippen LogP contribution in [0.3, 0.4) is 0 Å². The van der Waals surface area contributed by atoms with Crippen LogP contribution in [0.25, 0.3) is 0 Å². The second-order valence-electron chi connectivity index (χ2n) is 7.22. The van der Waals surface area contributed by atoms with Gasteiger partial charge in [0.2, 0.25) is 0 Å². The molecule has 0 aliphatic carbocycles. The van der Waals surface area contributed by atoms with Crippen LogP contribution in [0.1, 0.15) is 24.0 Å². The van der Waals surface area contributed by atoms with E-state index in [-0.39, 0.29) is 33.0 Å². The number of urea groups is 1. The first-order chi connectivity index (χ1) is 14.1. The van der Waals surface area contributed by atoms with Gasteiger partial charge in [0.25, 0.3) is 0 Å². The number of piperidine rings is 1. The van der Waals surface area contributed by atoms with Crippen LogP contribution in [0.4, 0.5) is 4.79 Å². The molecule has 0 N–H and O–H groups in total. The first-order valence-corrected chi connectivity index (χ1v) is 11.7. The molecule has 2 aliphatic rings. The van der Waals surface area contributed by atoms with Crippen LogP contribution in [-0.4, -0.2) is 61.1 Å². The standard InChI is InChI=1S/C22H24N2O4Se/c1-27-20(25)22(29-16-18-10-6-3-7-11-18)13-12-19-14-23(22)21(26)24(19)28-15-17-8-4-2-5-9-17/h2-11,19H,12-16H2,1H3/t19-,22?/m1/s1. The van der Waals surface area contributed by atoms with Crippen LogP contribution in [0.5, 0.6) is 0 Å². The Balaban J connectivity index is 1.51. The zero-order valence-electron chi connectivity index (χ0n) is 16.3.